The molecule has 29 heavy (non-hydrogen) atoms. The Morgan fingerprint density at radius 3 is 2.59 bits per heavy atom. The van der Waals surface area contributed by atoms with Crippen LogP contribution in [-0.2, 0) is 0 Å². The Morgan fingerprint density at radius 2 is 1.90 bits per heavy atom. The lowest BCUT2D eigenvalue weighted by molar-refractivity contribution is 0.0976. The summed E-state index contributed by atoms with van der Waals surface area (Å²) < 4.78 is 26.6. The van der Waals surface area contributed by atoms with Crippen LogP contribution in [0.5, 0.6) is 0 Å². The van der Waals surface area contributed by atoms with Gasteiger partial charge in [0.25, 0.3) is 5.91 Å². The van der Waals surface area contributed by atoms with E-state index in [0.29, 0.717) is 11.7 Å². The SMILES string of the molecule is C[C@@H](N=C(NC(=O)c1ccc(F)c(F)c1)Nc1cccc(=O)[nH]1)C1CCCCC1. The molecule has 1 fully saturated rings. The number of amides is 1. The van der Waals surface area contributed by atoms with Crippen molar-refractivity contribution in [3.8, 4) is 0 Å². The van der Waals surface area contributed by atoms with Crippen molar-refractivity contribution in [2.45, 2.75) is 45.1 Å². The third kappa shape index (κ3) is 5.73. The highest BCUT2D eigenvalue weighted by Crippen LogP contribution is 2.27. The van der Waals surface area contributed by atoms with Crippen LogP contribution in [0.1, 0.15) is 49.4 Å². The number of carbonyl (C=O) groups is 1. The minimum absolute atomic E-state index is 0.0368. The number of halogens is 2. The maximum atomic E-state index is 13.5. The average Bonchev–Trinajstić information content (AvgIpc) is 2.70. The van der Waals surface area contributed by atoms with Crippen molar-refractivity contribution >= 4 is 17.7 Å². The number of hydrogen-bond acceptors (Lipinski definition) is 3. The van der Waals surface area contributed by atoms with Gasteiger partial charge in [-0.2, -0.15) is 0 Å². The summed E-state index contributed by atoms with van der Waals surface area (Å²) in [6.07, 6.45) is 5.66. The van der Waals surface area contributed by atoms with Crippen LogP contribution in [0.2, 0.25) is 0 Å². The summed E-state index contributed by atoms with van der Waals surface area (Å²) in [5.41, 5.74) is -0.341. The van der Waals surface area contributed by atoms with Crippen molar-refractivity contribution in [3.63, 3.8) is 0 Å². The maximum Gasteiger partial charge on any atom is 0.258 e. The van der Waals surface area contributed by atoms with E-state index >= 15 is 0 Å². The number of aromatic amines is 1. The van der Waals surface area contributed by atoms with E-state index in [1.165, 1.54) is 18.6 Å². The van der Waals surface area contributed by atoms with E-state index < -0.39 is 17.5 Å². The van der Waals surface area contributed by atoms with Crippen molar-refractivity contribution < 1.29 is 13.6 Å². The van der Waals surface area contributed by atoms with E-state index in [9.17, 15) is 18.4 Å². The topological polar surface area (TPSA) is 86.3 Å². The molecule has 0 unspecified atom stereocenters. The quantitative estimate of drug-likeness (QED) is 0.537. The summed E-state index contributed by atoms with van der Waals surface area (Å²) in [4.78, 5) is 31.3. The molecule has 1 saturated carbocycles. The Hall–Kier alpha value is -3.03. The molecule has 1 amide bonds. The van der Waals surface area contributed by atoms with Gasteiger partial charge >= 0.3 is 0 Å². The summed E-state index contributed by atoms with van der Waals surface area (Å²) in [5, 5.41) is 5.52. The van der Waals surface area contributed by atoms with E-state index in [-0.39, 0.29) is 23.1 Å². The van der Waals surface area contributed by atoms with E-state index in [1.54, 1.807) is 12.1 Å². The number of H-pyrrole nitrogens is 1. The first-order valence-electron chi connectivity index (χ1n) is 9.73. The van der Waals surface area contributed by atoms with Crippen molar-refractivity contribution in [3.05, 3.63) is 63.9 Å². The molecule has 154 valence electrons. The Bertz CT molecular complexity index is 952. The van der Waals surface area contributed by atoms with Gasteiger partial charge in [-0.3, -0.25) is 14.9 Å². The summed E-state index contributed by atoms with van der Waals surface area (Å²) in [5.74, 6) is -1.87. The monoisotopic (exact) mass is 402 g/mol. The molecule has 3 N–H and O–H groups in total. The lowest BCUT2D eigenvalue weighted by Gasteiger charge is -2.26. The molecular formula is C21H24F2N4O2. The van der Waals surface area contributed by atoms with E-state index in [2.05, 4.69) is 20.6 Å². The third-order valence-corrected chi connectivity index (χ3v) is 5.10. The van der Waals surface area contributed by atoms with Gasteiger partial charge < -0.3 is 10.3 Å². The zero-order chi connectivity index (χ0) is 20.8. The van der Waals surface area contributed by atoms with Gasteiger partial charge in [0.1, 0.15) is 5.82 Å². The number of benzene rings is 1. The van der Waals surface area contributed by atoms with Crippen molar-refractivity contribution in [2.24, 2.45) is 10.9 Å². The molecule has 0 radical (unpaired) electrons. The fraction of sp³-hybridized carbons (Fsp3) is 0.381. The number of aliphatic imine (C=N–C) groups is 1. The van der Waals surface area contributed by atoms with Gasteiger partial charge in [0.15, 0.2) is 11.6 Å². The van der Waals surface area contributed by atoms with Crippen LogP contribution in [0.4, 0.5) is 14.6 Å². The molecule has 0 bridgehead atoms. The molecule has 0 spiro atoms. The minimum atomic E-state index is -1.10. The van der Waals surface area contributed by atoms with Crippen LogP contribution in [0.25, 0.3) is 0 Å². The van der Waals surface area contributed by atoms with Crippen LogP contribution < -0.4 is 16.2 Å². The number of nitrogens with zero attached hydrogens (tertiary/aromatic N) is 1. The second-order valence-electron chi connectivity index (χ2n) is 7.25. The zero-order valence-electron chi connectivity index (χ0n) is 16.2. The number of aromatic nitrogens is 1. The number of nitrogens with one attached hydrogen (secondary N) is 3. The molecule has 1 aromatic heterocycles. The van der Waals surface area contributed by atoms with Gasteiger partial charge in [-0.05, 0) is 49.9 Å². The van der Waals surface area contributed by atoms with E-state index in [4.69, 9.17) is 0 Å². The Kier molecular flexibility index (Phi) is 6.74. The van der Waals surface area contributed by atoms with Crippen LogP contribution >= 0.6 is 0 Å². The number of pyridine rings is 1. The molecular weight excluding hydrogens is 378 g/mol. The maximum absolute atomic E-state index is 13.5. The third-order valence-electron chi connectivity index (χ3n) is 5.10. The van der Waals surface area contributed by atoms with Crippen LogP contribution in [0.15, 0.2) is 46.2 Å². The normalized spacial score (nSPS) is 16.3. The van der Waals surface area contributed by atoms with Gasteiger partial charge in [0.05, 0.1) is 6.04 Å². The highest BCUT2D eigenvalue weighted by Gasteiger charge is 2.21. The molecule has 0 saturated heterocycles. The van der Waals surface area contributed by atoms with Crippen LogP contribution in [-0.4, -0.2) is 22.9 Å². The fourth-order valence-corrected chi connectivity index (χ4v) is 3.49. The minimum Gasteiger partial charge on any atom is -0.312 e. The Labute approximate surface area is 167 Å². The highest BCUT2D eigenvalue weighted by atomic mass is 19.2. The summed E-state index contributed by atoms with van der Waals surface area (Å²) >= 11 is 0. The predicted octanol–water partition coefficient (Wildman–Crippen LogP) is 3.82. The number of hydrogen-bond donors (Lipinski definition) is 3. The molecule has 3 rings (SSSR count). The van der Waals surface area contributed by atoms with E-state index in [1.807, 2.05) is 6.92 Å². The summed E-state index contributed by atoms with van der Waals surface area (Å²) in [6, 6.07) is 7.43. The largest absolute Gasteiger partial charge is 0.312 e. The standard InChI is InChI=1S/C21H24F2N4O2/c1-13(14-6-3-2-4-7-14)24-21(26-18-8-5-9-19(28)25-18)27-20(29)15-10-11-16(22)17(23)12-15/h5,8-14H,2-4,6-7H2,1H3,(H3,24,25,26,27,28,29)/t13-/m1/s1. The van der Waals surface area contributed by atoms with Crippen LogP contribution in [0, 0.1) is 17.6 Å². The number of rotatable bonds is 4. The lowest BCUT2D eigenvalue weighted by Crippen LogP contribution is -2.38. The first kappa shape index (κ1) is 20.7. The molecule has 2 aromatic rings. The number of carbonyl (C=O) groups excluding carboxylic acids is 1. The molecule has 0 aliphatic heterocycles. The fourth-order valence-electron chi connectivity index (χ4n) is 3.49. The van der Waals surface area contributed by atoms with Crippen molar-refractivity contribution in [2.75, 3.05) is 5.32 Å². The predicted molar refractivity (Wildman–Crippen MR) is 108 cm³/mol. The van der Waals surface area contributed by atoms with Gasteiger partial charge in [-0.15, -0.1) is 0 Å². The van der Waals surface area contributed by atoms with Gasteiger partial charge in [-0.1, -0.05) is 25.3 Å². The molecule has 8 heteroatoms. The summed E-state index contributed by atoms with van der Waals surface area (Å²) in [6.45, 7) is 1.98. The van der Waals surface area contributed by atoms with E-state index in [0.717, 1.165) is 37.8 Å². The molecule has 1 aliphatic carbocycles. The lowest BCUT2D eigenvalue weighted by atomic mass is 9.85. The summed E-state index contributed by atoms with van der Waals surface area (Å²) in [7, 11) is 0. The van der Waals surface area contributed by atoms with Crippen molar-refractivity contribution in [1.29, 1.82) is 0 Å². The number of guanidine groups is 1. The first-order chi connectivity index (χ1) is 13.9. The average molecular weight is 402 g/mol. The molecule has 1 aliphatic rings. The smallest absolute Gasteiger partial charge is 0.258 e. The Morgan fingerprint density at radius 1 is 1.14 bits per heavy atom. The molecule has 6 nitrogen and oxygen atoms in total. The molecule has 1 heterocycles. The second-order valence-corrected chi connectivity index (χ2v) is 7.25. The van der Waals surface area contributed by atoms with Gasteiger partial charge in [0, 0.05) is 11.6 Å². The van der Waals surface area contributed by atoms with Gasteiger partial charge in [0.2, 0.25) is 11.5 Å². The second kappa shape index (κ2) is 9.45. The van der Waals surface area contributed by atoms with Gasteiger partial charge in [-0.25, -0.2) is 13.8 Å². The molecule has 1 aromatic carbocycles. The highest BCUT2D eigenvalue weighted by molar-refractivity contribution is 6.09. The zero-order valence-corrected chi connectivity index (χ0v) is 16.2. The number of anilines is 1. The Balaban J connectivity index is 1.82. The van der Waals surface area contributed by atoms with Crippen LogP contribution in [0.3, 0.4) is 0 Å². The first-order valence-corrected chi connectivity index (χ1v) is 9.73. The van der Waals surface area contributed by atoms with Crippen molar-refractivity contribution in [1.82, 2.24) is 10.3 Å². The molecule has 1 atom stereocenters.